The number of aliphatic hydroxyl groups excluding tert-OH is 1. The Morgan fingerprint density at radius 1 is 1.55 bits per heavy atom. The topological polar surface area (TPSA) is 20.2 Å². The van der Waals surface area contributed by atoms with Crippen LogP contribution in [0.5, 0.6) is 0 Å². The fraction of sp³-hybridized carbons (Fsp3) is 0.800. The highest BCUT2D eigenvalue weighted by Crippen LogP contribution is 2.13. The van der Waals surface area contributed by atoms with Gasteiger partial charge in [-0.2, -0.15) is 0 Å². The van der Waals surface area contributed by atoms with E-state index < -0.39 is 0 Å². The van der Waals surface area contributed by atoms with Gasteiger partial charge in [0, 0.05) is 0 Å². The van der Waals surface area contributed by atoms with E-state index in [1.54, 1.807) is 0 Å². The molecule has 0 aromatic rings. The van der Waals surface area contributed by atoms with Gasteiger partial charge in [0.1, 0.15) is 0 Å². The van der Waals surface area contributed by atoms with E-state index in [2.05, 4.69) is 20.4 Å². The fourth-order valence-corrected chi connectivity index (χ4v) is 1.12. The zero-order chi connectivity index (χ0) is 8.69. The highest BCUT2D eigenvalue weighted by Gasteiger charge is 2.10. The molecule has 0 radical (unpaired) electrons. The minimum Gasteiger partial charge on any atom is -0.393 e. The van der Waals surface area contributed by atoms with Crippen molar-refractivity contribution in [2.24, 2.45) is 5.92 Å². The molecule has 11 heavy (non-hydrogen) atoms. The van der Waals surface area contributed by atoms with E-state index in [0.717, 1.165) is 25.7 Å². The Morgan fingerprint density at radius 3 is 2.64 bits per heavy atom. The highest BCUT2D eigenvalue weighted by molar-refractivity contribution is 4.74. The molecule has 0 saturated carbocycles. The minimum atomic E-state index is -0.132. The predicted molar refractivity (Wildman–Crippen MR) is 49.5 cm³/mol. The molecule has 0 aliphatic carbocycles. The molecule has 1 heteroatoms. The maximum absolute atomic E-state index is 9.53. The van der Waals surface area contributed by atoms with Gasteiger partial charge in [0.15, 0.2) is 0 Å². The fourth-order valence-electron chi connectivity index (χ4n) is 1.12. The second-order valence-electron chi connectivity index (χ2n) is 3.21. The van der Waals surface area contributed by atoms with E-state index >= 15 is 0 Å². The number of aliphatic hydroxyl groups is 1. The van der Waals surface area contributed by atoms with Crippen molar-refractivity contribution < 1.29 is 5.11 Å². The predicted octanol–water partition coefficient (Wildman–Crippen LogP) is 2.75. The zero-order valence-corrected chi connectivity index (χ0v) is 7.71. The Bertz CT molecular complexity index is 99.0. The Hall–Kier alpha value is -0.300. The van der Waals surface area contributed by atoms with Crippen LogP contribution in [-0.2, 0) is 0 Å². The first-order valence-electron chi connectivity index (χ1n) is 4.51. The van der Waals surface area contributed by atoms with Crippen molar-refractivity contribution in [2.75, 3.05) is 0 Å². The van der Waals surface area contributed by atoms with Crippen molar-refractivity contribution in [3.8, 4) is 0 Å². The van der Waals surface area contributed by atoms with Crippen LogP contribution in [-0.4, -0.2) is 11.2 Å². The summed E-state index contributed by atoms with van der Waals surface area (Å²) in [5, 5.41) is 9.53. The van der Waals surface area contributed by atoms with Crippen LogP contribution in [0.1, 0.15) is 39.5 Å². The Labute approximate surface area is 70.1 Å². The molecule has 0 spiro atoms. The summed E-state index contributed by atoms with van der Waals surface area (Å²) in [6.45, 7) is 7.87. The molecule has 0 aromatic carbocycles. The molecule has 2 unspecified atom stereocenters. The van der Waals surface area contributed by atoms with Crippen LogP contribution in [0.3, 0.4) is 0 Å². The van der Waals surface area contributed by atoms with Crippen molar-refractivity contribution in [1.82, 2.24) is 0 Å². The first-order chi connectivity index (χ1) is 5.22. The van der Waals surface area contributed by atoms with E-state index in [4.69, 9.17) is 0 Å². The first-order valence-corrected chi connectivity index (χ1v) is 4.51. The van der Waals surface area contributed by atoms with Gasteiger partial charge in [-0.1, -0.05) is 32.8 Å². The summed E-state index contributed by atoms with van der Waals surface area (Å²) in [4.78, 5) is 0. The molecule has 1 N–H and O–H groups in total. The lowest BCUT2D eigenvalue weighted by Gasteiger charge is -2.16. The highest BCUT2D eigenvalue weighted by atomic mass is 16.3. The summed E-state index contributed by atoms with van der Waals surface area (Å²) in [5.74, 6) is 0.374. The molecule has 0 bridgehead atoms. The van der Waals surface area contributed by atoms with Crippen LogP contribution >= 0.6 is 0 Å². The molecule has 0 saturated heterocycles. The smallest absolute Gasteiger partial charge is 0.0568 e. The standard InChI is InChI=1S/C10H20O/c1-4-6-8-10(11)9(3)7-5-2/h5,9-11H,2,4,6-8H2,1,3H3. The van der Waals surface area contributed by atoms with Crippen LogP contribution in [0.4, 0.5) is 0 Å². The summed E-state index contributed by atoms with van der Waals surface area (Å²) in [7, 11) is 0. The van der Waals surface area contributed by atoms with Gasteiger partial charge in [0.2, 0.25) is 0 Å². The monoisotopic (exact) mass is 156 g/mol. The molecule has 0 amide bonds. The van der Waals surface area contributed by atoms with Gasteiger partial charge in [0.25, 0.3) is 0 Å². The largest absolute Gasteiger partial charge is 0.393 e. The molecular weight excluding hydrogens is 136 g/mol. The Kier molecular flexibility index (Phi) is 6.24. The van der Waals surface area contributed by atoms with E-state index in [1.165, 1.54) is 0 Å². The van der Waals surface area contributed by atoms with Crippen LogP contribution in [0.2, 0.25) is 0 Å². The van der Waals surface area contributed by atoms with Crippen molar-refractivity contribution in [3.05, 3.63) is 12.7 Å². The van der Waals surface area contributed by atoms with Gasteiger partial charge < -0.3 is 5.11 Å². The van der Waals surface area contributed by atoms with Gasteiger partial charge in [-0.3, -0.25) is 0 Å². The Balaban J connectivity index is 3.45. The molecule has 66 valence electrons. The van der Waals surface area contributed by atoms with Gasteiger partial charge >= 0.3 is 0 Å². The number of rotatable bonds is 6. The normalized spacial score (nSPS) is 15.9. The lowest BCUT2D eigenvalue weighted by molar-refractivity contribution is 0.106. The summed E-state index contributed by atoms with van der Waals surface area (Å²) < 4.78 is 0. The molecule has 0 aliphatic rings. The van der Waals surface area contributed by atoms with E-state index in [1.807, 2.05) is 6.08 Å². The van der Waals surface area contributed by atoms with Gasteiger partial charge in [-0.25, -0.2) is 0 Å². The SMILES string of the molecule is C=CCC(C)C(O)CCCC. The van der Waals surface area contributed by atoms with Crippen LogP contribution in [0.15, 0.2) is 12.7 Å². The molecule has 0 fully saturated rings. The van der Waals surface area contributed by atoms with Crippen molar-refractivity contribution in [3.63, 3.8) is 0 Å². The van der Waals surface area contributed by atoms with Crippen LogP contribution in [0, 0.1) is 5.92 Å². The molecule has 1 nitrogen and oxygen atoms in total. The third kappa shape index (κ3) is 5.02. The average molecular weight is 156 g/mol. The molecule has 0 rings (SSSR count). The lowest BCUT2D eigenvalue weighted by atomic mass is 9.97. The average Bonchev–Trinajstić information content (AvgIpc) is 2.00. The lowest BCUT2D eigenvalue weighted by Crippen LogP contribution is -2.16. The molecule has 2 atom stereocenters. The minimum absolute atomic E-state index is 0.132. The molecule has 0 aromatic heterocycles. The summed E-state index contributed by atoms with van der Waals surface area (Å²) >= 11 is 0. The second-order valence-corrected chi connectivity index (χ2v) is 3.21. The quantitative estimate of drug-likeness (QED) is 0.586. The van der Waals surface area contributed by atoms with Crippen LogP contribution in [0.25, 0.3) is 0 Å². The van der Waals surface area contributed by atoms with Gasteiger partial charge in [0.05, 0.1) is 6.10 Å². The van der Waals surface area contributed by atoms with Crippen molar-refractivity contribution >= 4 is 0 Å². The number of allylic oxidation sites excluding steroid dienone is 1. The van der Waals surface area contributed by atoms with Gasteiger partial charge in [-0.15, -0.1) is 6.58 Å². The van der Waals surface area contributed by atoms with Crippen molar-refractivity contribution in [1.29, 1.82) is 0 Å². The third-order valence-corrected chi connectivity index (χ3v) is 2.05. The maximum Gasteiger partial charge on any atom is 0.0568 e. The molecular formula is C10H20O. The van der Waals surface area contributed by atoms with E-state index in [0.29, 0.717) is 5.92 Å². The molecule has 0 aliphatic heterocycles. The Morgan fingerprint density at radius 2 is 2.18 bits per heavy atom. The molecule has 0 heterocycles. The summed E-state index contributed by atoms with van der Waals surface area (Å²) in [6, 6.07) is 0. The van der Waals surface area contributed by atoms with E-state index in [-0.39, 0.29) is 6.10 Å². The number of hydrogen-bond acceptors (Lipinski definition) is 1. The summed E-state index contributed by atoms with van der Waals surface area (Å²) in [6.07, 6.45) is 5.89. The summed E-state index contributed by atoms with van der Waals surface area (Å²) in [5.41, 5.74) is 0. The number of unbranched alkanes of at least 4 members (excludes halogenated alkanes) is 1. The zero-order valence-electron chi connectivity index (χ0n) is 7.71. The van der Waals surface area contributed by atoms with Gasteiger partial charge in [-0.05, 0) is 18.8 Å². The maximum atomic E-state index is 9.53. The van der Waals surface area contributed by atoms with Crippen molar-refractivity contribution in [2.45, 2.75) is 45.6 Å². The first kappa shape index (κ1) is 10.7. The number of hydrogen-bond donors (Lipinski definition) is 1. The van der Waals surface area contributed by atoms with Crippen LogP contribution < -0.4 is 0 Å². The van der Waals surface area contributed by atoms with E-state index in [9.17, 15) is 5.11 Å². The third-order valence-electron chi connectivity index (χ3n) is 2.05. The second kappa shape index (κ2) is 6.41.